The number of halogens is 4. The van der Waals surface area contributed by atoms with Gasteiger partial charge in [0.15, 0.2) is 5.76 Å². The van der Waals surface area contributed by atoms with Crippen LogP contribution in [0.15, 0.2) is 23.7 Å². The van der Waals surface area contributed by atoms with Gasteiger partial charge < -0.3 is 10.5 Å². The predicted molar refractivity (Wildman–Crippen MR) is 54.5 cm³/mol. The SMILES string of the molecule is NC[C@H]1C=CC(OC(F)(F)I)=C(F)C1. The highest BCUT2D eigenvalue weighted by molar-refractivity contribution is 14.1. The first-order chi connectivity index (χ1) is 6.42. The van der Waals surface area contributed by atoms with Crippen LogP contribution in [0.4, 0.5) is 13.2 Å². The van der Waals surface area contributed by atoms with Gasteiger partial charge in [-0.1, -0.05) is 6.08 Å². The first-order valence-corrected chi connectivity index (χ1v) is 5.03. The maximum atomic E-state index is 13.1. The molecule has 0 saturated heterocycles. The van der Waals surface area contributed by atoms with Gasteiger partial charge in [-0.05, 0) is 18.5 Å². The van der Waals surface area contributed by atoms with Crippen molar-refractivity contribution < 1.29 is 17.9 Å². The van der Waals surface area contributed by atoms with E-state index in [0.29, 0.717) is 0 Å². The summed E-state index contributed by atoms with van der Waals surface area (Å²) >= 11 is 0.789. The van der Waals surface area contributed by atoms with E-state index in [0.717, 1.165) is 22.6 Å². The number of alkyl halides is 3. The molecule has 0 bridgehead atoms. The molecule has 0 saturated carbocycles. The molecule has 2 N–H and O–H groups in total. The molecular formula is C8H9F3INO. The molecule has 0 heterocycles. The summed E-state index contributed by atoms with van der Waals surface area (Å²) in [4.78, 5) is 0. The van der Waals surface area contributed by atoms with Crippen molar-refractivity contribution in [3.63, 3.8) is 0 Å². The van der Waals surface area contributed by atoms with Crippen molar-refractivity contribution >= 4 is 22.6 Å². The largest absolute Gasteiger partial charge is 0.451 e. The van der Waals surface area contributed by atoms with Crippen LogP contribution in [0.5, 0.6) is 0 Å². The Morgan fingerprint density at radius 3 is 2.71 bits per heavy atom. The highest BCUT2D eigenvalue weighted by atomic mass is 127. The molecule has 0 aromatic carbocycles. The Hall–Kier alpha value is -0.240. The van der Waals surface area contributed by atoms with Crippen LogP contribution in [0.3, 0.4) is 0 Å². The zero-order valence-electron chi connectivity index (χ0n) is 7.14. The molecule has 0 unspecified atom stereocenters. The third-order valence-corrected chi connectivity index (χ3v) is 1.98. The number of hydrogen-bond donors (Lipinski definition) is 1. The quantitative estimate of drug-likeness (QED) is 0.641. The summed E-state index contributed by atoms with van der Waals surface area (Å²) in [7, 11) is 0. The second kappa shape index (κ2) is 4.52. The Balaban J connectivity index is 2.68. The maximum Gasteiger partial charge on any atom is 0.451 e. The molecule has 2 nitrogen and oxygen atoms in total. The Morgan fingerprint density at radius 2 is 2.29 bits per heavy atom. The van der Waals surface area contributed by atoms with Gasteiger partial charge in [-0.25, -0.2) is 4.39 Å². The Morgan fingerprint density at radius 1 is 1.64 bits per heavy atom. The third kappa shape index (κ3) is 3.49. The molecule has 1 rings (SSSR count). The van der Waals surface area contributed by atoms with Gasteiger partial charge in [0.1, 0.15) is 5.83 Å². The average Bonchev–Trinajstić information content (AvgIpc) is 2.06. The molecule has 14 heavy (non-hydrogen) atoms. The van der Waals surface area contributed by atoms with E-state index in [4.69, 9.17) is 5.73 Å². The number of allylic oxidation sites excluding steroid dienone is 2. The van der Waals surface area contributed by atoms with E-state index < -0.39 is 15.7 Å². The Labute approximate surface area is 93.1 Å². The van der Waals surface area contributed by atoms with E-state index in [1.807, 2.05) is 0 Å². The first-order valence-electron chi connectivity index (χ1n) is 3.95. The number of hydrogen-bond acceptors (Lipinski definition) is 2. The standard InChI is InChI=1S/C8H9F3INO/c9-6-3-5(4-13)1-2-7(6)14-8(10,11)12/h1-2,5H,3-4,13H2/t5-/m0/s1. The van der Waals surface area contributed by atoms with Crippen LogP contribution in [-0.2, 0) is 4.74 Å². The summed E-state index contributed by atoms with van der Waals surface area (Å²) in [5, 5.41) is 0. The van der Waals surface area contributed by atoms with Crippen LogP contribution in [0.1, 0.15) is 6.42 Å². The third-order valence-electron chi connectivity index (χ3n) is 1.76. The molecule has 0 radical (unpaired) electrons. The lowest BCUT2D eigenvalue weighted by Gasteiger charge is -2.18. The average molecular weight is 319 g/mol. The van der Waals surface area contributed by atoms with E-state index in [9.17, 15) is 13.2 Å². The van der Waals surface area contributed by atoms with Crippen molar-refractivity contribution in [1.29, 1.82) is 0 Å². The lowest BCUT2D eigenvalue weighted by molar-refractivity contribution is -0.113. The topological polar surface area (TPSA) is 35.2 Å². The molecule has 1 atom stereocenters. The normalized spacial score (nSPS) is 22.8. The van der Waals surface area contributed by atoms with Crippen molar-refractivity contribution in [3.8, 4) is 0 Å². The van der Waals surface area contributed by atoms with Crippen molar-refractivity contribution in [2.75, 3.05) is 6.54 Å². The maximum absolute atomic E-state index is 13.1. The van der Waals surface area contributed by atoms with Gasteiger partial charge in [0.05, 0.1) is 22.6 Å². The van der Waals surface area contributed by atoms with Crippen LogP contribution < -0.4 is 5.73 Å². The number of rotatable bonds is 3. The summed E-state index contributed by atoms with van der Waals surface area (Å²) in [5.41, 5.74) is 5.31. The number of ether oxygens (including phenoxy) is 1. The highest BCUT2D eigenvalue weighted by Crippen LogP contribution is 2.32. The number of nitrogens with two attached hydrogens (primary N) is 1. The fourth-order valence-corrected chi connectivity index (χ4v) is 1.33. The molecule has 80 valence electrons. The highest BCUT2D eigenvalue weighted by Gasteiger charge is 2.29. The smallest absolute Gasteiger partial charge is 0.422 e. The first kappa shape index (κ1) is 11.8. The molecular weight excluding hydrogens is 310 g/mol. The van der Waals surface area contributed by atoms with E-state index in [1.165, 1.54) is 6.08 Å². The lowest BCUT2D eigenvalue weighted by atomic mass is 9.99. The van der Waals surface area contributed by atoms with Gasteiger partial charge in [-0.2, -0.15) is 8.78 Å². The molecule has 0 spiro atoms. The molecule has 1 aliphatic rings. The summed E-state index contributed by atoms with van der Waals surface area (Å²) in [6, 6.07) is 0. The van der Waals surface area contributed by atoms with Gasteiger partial charge >= 0.3 is 4.12 Å². The zero-order valence-corrected chi connectivity index (χ0v) is 9.30. The van der Waals surface area contributed by atoms with Crippen molar-refractivity contribution in [2.45, 2.75) is 10.5 Å². The summed E-state index contributed by atoms with van der Waals surface area (Å²) < 4.78 is 38.6. The minimum atomic E-state index is -3.38. The summed E-state index contributed by atoms with van der Waals surface area (Å²) in [6.07, 6.45) is 2.79. The van der Waals surface area contributed by atoms with E-state index in [2.05, 4.69) is 4.74 Å². The monoisotopic (exact) mass is 319 g/mol. The molecule has 1 aliphatic carbocycles. The predicted octanol–water partition coefficient (Wildman–Crippen LogP) is 2.70. The lowest BCUT2D eigenvalue weighted by Crippen LogP contribution is -2.17. The molecule has 0 aromatic heterocycles. The van der Waals surface area contributed by atoms with Crippen LogP contribution in [0.25, 0.3) is 0 Å². The summed E-state index contributed by atoms with van der Waals surface area (Å²) in [5.74, 6) is -1.22. The van der Waals surface area contributed by atoms with E-state index >= 15 is 0 Å². The second-order valence-electron chi connectivity index (χ2n) is 2.88. The van der Waals surface area contributed by atoms with Crippen molar-refractivity contribution in [1.82, 2.24) is 0 Å². The van der Waals surface area contributed by atoms with Gasteiger partial charge in [0, 0.05) is 6.42 Å². The van der Waals surface area contributed by atoms with Crippen LogP contribution in [0, 0.1) is 5.92 Å². The fourth-order valence-electron chi connectivity index (χ4n) is 1.09. The van der Waals surface area contributed by atoms with Crippen LogP contribution in [0.2, 0.25) is 0 Å². The fraction of sp³-hybridized carbons (Fsp3) is 0.500. The second-order valence-corrected chi connectivity index (χ2v) is 4.13. The minimum absolute atomic E-state index is 0.0229. The molecule has 0 amide bonds. The molecule has 0 fully saturated rings. The minimum Gasteiger partial charge on any atom is -0.422 e. The Kier molecular flexibility index (Phi) is 3.82. The van der Waals surface area contributed by atoms with Crippen molar-refractivity contribution in [3.05, 3.63) is 23.7 Å². The Bertz CT molecular complexity index is 272. The van der Waals surface area contributed by atoms with Gasteiger partial charge in [-0.15, -0.1) is 0 Å². The van der Waals surface area contributed by atoms with Crippen LogP contribution >= 0.6 is 22.6 Å². The molecule has 0 aliphatic heterocycles. The molecule has 0 aromatic rings. The van der Waals surface area contributed by atoms with Crippen molar-refractivity contribution in [2.24, 2.45) is 11.7 Å². The van der Waals surface area contributed by atoms with Gasteiger partial charge in [0.2, 0.25) is 0 Å². The summed E-state index contributed by atoms with van der Waals surface area (Å²) in [6.45, 7) is 0.290. The molecule has 6 heteroatoms. The van der Waals surface area contributed by atoms with Crippen LogP contribution in [-0.4, -0.2) is 10.7 Å². The van der Waals surface area contributed by atoms with E-state index in [1.54, 1.807) is 6.08 Å². The van der Waals surface area contributed by atoms with Gasteiger partial charge in [0.25, 0.3) is 0 Å². The van der Waals surface area contributed by atoms with E-state index in [-0.39, 0.29) is 18.9 Å². The zero-order chi connectivity index (χ0) is 10.8. The van der Waals surface area contributed by atoms with Gasteiger partial charge in [-0.3, -0.25) is 0 Å².